The van der Waals surface area contributed by atoms with Gasteiger partial charge in [0.2, 0.25) is 5.91 Å². The van der Waals surface area contributed by atoms with E-state index in [1.807, 2.05) is 13.0 Å². The lowest BCUT2D eigenvalue weighted by atomic mass is 10.2. The number of nitrogens with one attached hydrogen (secondary N) is 1. The average Bonchev–Trinajstić information content (AvgIpc) is 2.69. The molecule has 0 spiro atoms. The molecular weight excluding hydrogens is 476 g/mol. The van der Waals surface area contributed by atoms with Gasteiger partial charge in [-0.2, -0.15) is 0 Å². The molecule has 0 bridgehead atoms. The topological polar surface area (TPSA) is 66.5 Å². The Morgan fingerprint density at radius 3 is 2.24 bits per heavy atom. The van der Waals surface area contributed by atoms with E-state index >= 15 is 0 Å². The van der Waals surface area contributed by atoms with Gasteiger partial charge in [-0.15, -0.1) is 0 Å². The first-order chi connectivity index (χ1) is 13.8. The molecule has 29 heavy (non-hydrogen) atoms. The van der Waals surface area contributed by atoms with E-state index in [0.29, 0.717) is 20.9 Å². The molecule has 0 radical (unpaired) electrons. The zero-order valence-electron chi connectivity index (χ0n) is 15.5. The van der Waals surface area contributed by atoms with Crippen LogP contribution >= 0.6 is 27.5 Å². The van der Waals surface area contributed by atoms with Crippen LogP contribution in [0, 0.1) is 6.92 Å². The van der Waals surface area contributed by atoms with Gasteiger partial charge in [0.1, 0.15) is 6.54 Å². The van der Waals surface area contributed by atoms with Crippen molar-refractivity contribution in [1.82, 2.24) is 0 Å². The molecule has 0 aliphatic carbocycles. The lowest BCUT2D eigenvalue weighted by molar-refractivity contribution is -0.114. The SMILES string of the molecule is Cc1ccc(S(=O)(=O)N(CC(=O)Nc2ccccc2Br)c2ccc(Cl)cc2)cc1. The second kappa shape index (κ2) is 8.98. The first-order valence-corrected chi connectivity index (χ1v) is 11.3. The Morgan fingerprint density at radius 2 is 1.62 bits per heavy atom. The summed E-state index contributed by atoms with van der Waals surface area (Å²) in [7, 11) is -3.96. The summed E-state index contributed by atoms with van der Waals surface area (Å²) < 4.78 is 28.3. The van der Waals surface area contributed by atoms with Gasteiger partial charge in [0.05, 0.1) is 16.3 Å². The van der Waals surface area contributed by atoms with Crippen molar-refractivity contribution in [3.05, 3.63) is 87.9 Å². The Hall–Kier alpha value is -2.35. The highest BCUT2D eigenvalue weighted by atomic mass is 79.9. The van der Waals surface area contributed by atoms with Crippen molar-refractivity contribution in [1.29, 1.82) is 0 Å². The van der Waals surface area contributed by atoms with Crippen molar-refractivity contribution in [3.8, 4) is 0 Å². The lowest BCUT2D eigenvalue weighted by Crippen LogP contribution is -2.38. The predicted molar refractivity (Wildman–Crippen MR) is 120 cm³/mol. The van der Waals surface area contributed by atoms with E-state index in [9.17, 15) is 13.2 Å². The molecular formula is C21H18BrClN2O3S. The van der Waals surface area contributed by atoms with E-state index in [1.165, 1.54) is 12.1 Å². The summed E-state index contributed by atoms with van der Waals surface area (Å²) in [6.45, 7) is 1.48. The Morgan fingerprint density at radius 1 is 1.00 bits per heavy atom. The Kier molecular flexibility index (Phi) is 6.62. The van der Waals surface area contributed by atoms with Crippen LogP contribution in [-0.2, 0) is 14.8 Å². The summed E-state index contributed by atoms with van der Waals surface area (Å²) in [5.41, 5.74) is 1.84. The number of nitrogens with zero attached hydrogens (tertiary/aromatic N) is 1. The van der Waals surface area contributed by atoms with Crippen LogP contribution < -0.4 is 9.62 Å². The molecule has 0 heterocycles. The summed E-state index contributed by atoms with van der Waals surface area (Å²) in [4.78, 5) is 12.8. The molecule has 0 aliphatic heterocycles. The van der Waals surface area contributed by atoms with Gasteiger partial charge in [-0.05, 0) is 71.4 Å². The van der Waals surface area contributed by atoms with Gasteiger partial charge in [-0.1, -0.05) is 41.4 Å². The molecule has 0 saturated heterocycles. The van der Waals surface area contributed by atoms with Gasteiger partial charge in [0.25, 0.3) is 10.0 Å². The molecule has 3 aromatic rings. The number of amides is 1. The number of sulfonamides is 1. The number of benzene rings is 3. The lowest BCUT2D eigenvalue weighted by Gasteiger charge is -2.24. The third kappa shape index (κ3) is 5.18. The van der Waals surface area contributed by atoms with Crippen molar-refractivity contribution in [2.75, 3.05) is 16.2 Å². The van der Waals surface area contributed by atoms with Crippen LogP contribution in [0.25, 0.3) is 0 Å². The van der Waals surface area contributed by atoms with Crippen LogP contribution in [0.3, 0.4) is 0 Å². The molecule has 0 atom stereocenters. The second-order valence-corrected chi connectivity index (χ2v) is 9.48. The highest BCUT2D eigenvalue weighted by Crippen LogP contribution is 2.26. The van der Waals surface area contributed by atoms with E-state index in [2.05, 4.69) is 21.2 Å². The summed E-state index contributed by atoms with van der Waals surface area (Å²) >= 11 is 9.31. The largest absolute Gasteiger partial charge is 0.323 e. The summed E-state index contributed by atoms with van der Waals surface area (Å²) in [6.07, 6.45) is 0. The number of rotatable bonds is 6. The zero-order chi connectivity index (χ0) is 21.0. The number of para-hydroxylation sites is 1. The van der Waals surface area contributed by atoms with Crippen LogP contribution in [0.15, 0.2) is 82.2 Å². The second-order valence-electron chi connectivity index (χ2n) is 6.33. The normalized spacial score (nSPS) is 11.1. The third-order valence-electron chi connectivity index (χ3n) is 4.16. The number of hydrogen-bond acceptors (Lipinski definition) is 3. The number of halogens is 2. The molecule has 0 saturated carbocycles. The molecule has 5 nitrogen and oxygen atoms in total. The minimum Gasteiger partial charge on any atom is -0.323 e. The summed E-state index contributed by atoms with van der Waals surface area (Å²) in [6, 6.07) is 19.9. The van der Waals surface area contributed by atoms with Gasteiger partial charge < -0.3 is 5.32 Å². The van der Waals surface area contributed by atoms with E-state index in [1.54, 1.807) is 54.6 Å². The molecule has 3 aromatic carbocycles. The fraction of sp³-hybridized carbons (Fsp3) is 0.0952. The first-order valence-electron chi connectivity index (χ1n) is 8.67. The van der Waals surface area contributed by atoms with Crippen molar-refractivity contribution >= 4 is 54.8 Å². The number of hydrogen-bond donors (Lipinski definition) is 1. The molecule has 150 valence electrons. The van der Waals surface area contributed by atoms with E-state index in [4.69, 9.17) is 11.6 Å². The standard InChI is InChI=1S/C21H18BrClN2O3S/c1-15-6-12-18(13-7-15)29(27,28)25(17-10-8-16(23)9-11-17)14-21(26)24-20-5-3-2-4-19(20)22/h2-13H,14H2,1H3,(H,24,26). The van der Waals surface area contributed by atoms with E-state index in [0.717, 1.165) is 9.87 Å². The van der Waals surface area contributed by atoms with E-state index in [-0.39, 0.29) is 11.4 Å². The molecule has 0 aliphatic rings. The molecule has 0 unspecified atom stereocenters. The quantitative estimate of drug-likeness (QED) is 0.510. The zero-order valence-corrected chi connectivity index (χ0v) is 18.6. The fourth-order valence-electron chi connectivity index (χ4n) is 2.64. The smallest absolute Gasteiger partial charge is 0.264 e. The van der Waals surface area contributed by atoms with Gasteiger partial charge in [0, 0.05) is 9.50 Å². The number of carbonyl (C=O) groups excluding carboxylic acids is 1. The van der Waals surface area contributed by atoms with Gasteiger partial charge in [0.15, 0.2) is 0 Å². The van der Waals surface area contributed by atoms with Crippen LogP contribution in [0.5, 0.6) is 0 Å². The number of carbonyl (C=O) groups is 1. The molecule has 3 rings (SSSR count). The Balaban J connectivity index is 1.95. The maximum Gasteiger partial charge on any atom is 0.264 e. The summed E-state index contributed by atoms with van der Waals surface area (Å²) in [5.74, 6) is -0.470. The molecule has 1 amide bonds. The van der Waals surface area contributed by atoms with Gasteiger partial charge >= 0.3 is 0 Å². The van der Waals surface area contributed by atoms with Crippen molar-refractivity contribution < 1.29 is 13.2 Å². The maximum atomic E-state index is 13.3. The Labute approximate surface area is 183 Å². The highest BCUT2D eigenvalue weighted by molar-refractivity contribution is 9.10. The minimum atomic E-state index is -3.96. The average molecular weight is 494 g/mol. The molecule has 0 aromatic heterocycles. The van der Waals surface area contributed by atoms with Gasteiger partial charge in [-0.25, -0.2) is 8.42 Å². The van der Waals surface area contributed by atoms with Crippen molar-refractivity contribution in [3.63, 3.8) is 0 Å². The Bertz CT molecular complexity index is 1120. The molecule has 1 N–H and O–H groups in total. The minimum absolute atomic E-state index is 0.103. The van der Waals surface area contributed by atoms with Crippen LogP contribution in [0.1, 0.15) is 5.56 Å². The van der Waals surface area contributed by atoms with Crippen LogP contribution in [0.2, 0.25) is 5.02 Å². The first kappa shape index (κ1) is 21.4. The third-order valence-corrected chi connectivity index (χ3v) is 6.89. The summed E-state index contributed by atoms with van der Waals surface area (Å²) in [5, 5.41) is 3.21. The molecule has 0 fully saturated rings. The van der Waals surface area contributed by atoms with Crippen molar-refractivity contribution in [2.24, 2.45) is 0 Å². The highest BCUT2D eigenvalue weighted by Gasteiger charge is 2.27. The fourth-order valence-corrected chi connectivity index (χ4v) is 4.57. The predicted octanol–water partition coefficient (Wildman–Crippen LogP) is 5.24. The van der Waals surface area contributed by atoms with Crippen LogP contribution in [-0.4, -0.2) is 20.9 Å². The monoisotopic (exact) mass is 492 g/mol. The van der Waals surface area contributed by atoms with Crippen LogP contribution in [0.4, 0.5) is 11.4 Å². The van der Waals surface area contributed by atoms with Crippen molar-refractivity contribution in [2.45, 2.75) is 11.8 Å². The van der Waals surface area contributed by atoms with E-state index < -0.39 is 15.9 Å². The number of aryl methyl sites for hydroxylation is 1. The molecule has 8 heteroatoms. The van der Waals surface area contributed by atoms with Gasteiger partial charge in [-0.3, -0.25) is 9.10 Å². The maximum absolute atomic E-state index is 13.3. The number of anilines is 2.